The van der Waals surface area contributed by atoms with E-state index in [-0.39, 0.29) is 48.3 Å². The molecule has 1 aliphatic heterocycles. The minimum absolute atomic E-state index is 0. The molecule has 2 aromatic rings. The van der Waals surface area contributed by atoms with E-state index < -0.39 is 0 Å². The number of hydrogen-bond donors (Lipinski definition) is 3. The molecule has 1 amide bonds. The van der Waals surface area contributed by atoms with Gasteiger partial charge < -0.3 is 25.6 Å². The van der Waals surface area contributed by atoms with Gasteiger partial charge in [0.2, 0.25) is 0 Å². The molecule has 180 valence electrons. The Hall–Kier alpha value is -2.63. The Bertz CT molecular complexity index is 929. The fraction of sp³-hybridized carbons (Fsp3) is 0.435. The molecule has 10 heteroatoms. The number of carbonyl (C=O) groups is 1. The Kier molecular flexibility index (Phi) is 11.1. The number of nitrogens with zero attached hydrogens (tertiary/aromatic N) is 3. The highest BCUT2D eigenvalue weighted by atomic mass is 127. The number of likely N-dealkylation sites (N-methyl/N-ethyl adjacent to an activating group) is 1. The van der Waals surface area contributed by atoms with E-state index in [9.17, 15) is 9.18 Å². The van der Waals surface area contributed by atoms with E-state index in [0.29, 0.717) is 37.2 Å². The summed E-state index contributed by atoms with van der Waals surface area (Å²) in [6.07, 6.45) is 2.47. The number of carbonyl (C=O) groups excluding carboxylic acids is 1. The number of aromatic nitrogens is 1. The predicted molar refractivity (Wildman–Crippen MR) is 139 cm³/mol. The molecule has 1 saturated heterocycles. The Morgan fingerprint density at radius 1 is 1.24 bits per heavy atom. The second kappa shape index (κ2) is 13.8. The van der Waals surface area contributed by atoms with Crippen LogP contribution in [0.3, 0.4) is 0 Å². The second-order valence-corrected chi connectivity index (χ2v) is 7.47. The number of guanidine groups is 1. The zero-order chi connectivity index (χ0) is 22.8. The molecule has 1 aromatic heterocycles. The minimum atomic E-state index is -0.303. The molecule has 0 aliphatic carbocycles. The number of pyridine rings is 1. The first-order chi connectivity index (χ1) is 15.6. The predicted octanol–water partition coefficient (Wildman–Crippen LogP) is 2.69. The molecule has 0 saturated carbocycles. The van der Waals surface area contributed by atoms with E-state index in [1.807, 2.05) is 43.0 Å². The smallest absolute Gasteiger partial charge is 0.257 e. The SMILES string of the molecule is CCNC(=O)COc1cccc(CN=C(NCC)NC2CCN(c3ncccc3F)C2)c1.I. The lowest BCUT2D eigenvalue weighted by Crippen LogP contribution is -2.44. The summed E-state index contributed by atoms with van der Waals surface area (Å²) in [7, 11) is 0. The fourth-order valence-corrected chi connectivity index (χ4v) is 3.49. The van der Waals surface area contributed by atoms with Gasteiger partial charge in [0, 0.05) is 38.4 Å². The highest BCUT2D eigenvalue weighted by Crippen LogP contribution is 2.21. The molecule has 1 aromatic carbocycles. The maximum Gasteiger partial charge on any atom is 0.257 e. The maximum atomic E-state index is 14.0. The van der Waals surface area contributed by atoms with E-state index in [4.69, 9.17) is 4.74 Å². The largest absolute Gasteiger partial charge is 0.484 e. The van der Waals surface area contributed by atoms with Crippen LogP contribution in [0.2, 0.25) is 0 Å². The summed E-state index contributed by atoms with van der Waals surface area (Å²) in [5.74, 6) is 1.28. The van der Waals surface area contributed by atoms with Crippen molar-refractivity contribution in [2.75, 3.05) is 37.7 Å². The van der Waals surface area contributed by atoms with Gasteiger partial charge in [-0.1, -0.05) is 12.1 Å². The molecule has 1 unspecified atom stereocenters. The van der Waals surface area contributed by atoms with Crippen LogP contribution in [-0.4, -0.2) is 55.7 Å². The van der Waals surface area contributed by atoms with Gasteiger partial charge >= 0.3 is 0 Å². The molecule has 3 N–H and O–H groups in total. The van der Waals surface area contributed by atoms with Gasteiger partial charge in [-0.05, 0) is 50.1 Å². The van der Waals surface area contributed by atoms with Gasteiger partial charge in [0.25, 0.3) is 5.91 Å². The number of rotatable bonds is 9. The van der Waals surface area contributed by atoms with Crippen molar-refractivity contribution in [3.63, 3.8) is 0 Å². The number of aliphatic imine (C=N–C) groups is 1. The van der Waals surface area contributed by atoms with Crippen LogP contribution in [0.15, 0.2) is 47.6 Å². The van der Waals surface area contributed by atoms with E-state index in [1.165, 1.54) is 6.07 Å². The van der Waals surface area contributed by atoms with Crippen molar-refractivity contribution in [2.45, 2.75) is 32.9 Å². The highest BCUT2D eigenvalue weighted by Gasteiger charge is 2.25. The van der Waals surface area contributed by atoms with Crippen molar-refractivity contribution in [1.29, 1.82) is 0 Å². The van der Waals surface area contributed by atoms with Gasteiger partial charge in [0.1, 0.15) is 5.75 Å². The molecule has 33 heavy (non-hydrogen) atoms. The number of halogens is 2. The van der Waals surface area contributed by atoms with E-state index in [2.05, 4.69) is 25.9 Å². The molecule has 0 bridgehead atoms. The maximum absolute atomic E-state index is 14.0. The number of anilines is 1. The highest BCUT2D eigenvalue weighted by molar-refractivity contribution is 14.0. The third-order valence-electron chi connectivity index (χ3n) is 4.97. The van der Waals surface area contributed by atoms with Crippen LogP contribution >= 0.6 is 24.0 Å². The quantitative estimate of drug-likeness (QED) is 0.244. The van der Waals surface area contributed by atoms with Gasteiger partial charge in [-0.2, -0.15) is 0 Å². The number of amides is 1. The fourth-order valence-electron chi connectivity index (χ4n) is 3.49. The van der Waals surface area contributed by atoms with Crippen LogP contribution in [0.1, 0.15) is 25.8 Å². The lowest BCUT2D eigenvalue weighted by atomic mass is 10.2. The van der Waals surface area contributed by atoms with Gasteiger partial charge in [-0.25, -0.2) is 14.4 Å². The average molecular weight is 570 g/mol. The van der Waals surface area contributed by atoms with Crippen LogP contribution in [0, 0.1) is 5.82 Å². The molecule has 1 fully saturated rings. The summed E-state index contributed by atoms with van der Waals surface area (Å²) < 4.78 is 19.6. The molecule has 0 spiro atoms. The zero-order valence-corrected chi connectivity index (χ0v) is 21.3. The third kappa shape index (κ3) is 8.34. The van der Waals surface area contributed by atoms with E-state index in [1.54, 1.807) is 12.3 Å². The van der Waals surface area contributed by atoms with Crippen LogP contribution in [-0.2, 0) is 11.3 Å². The Labute approximate surface area is 211 Å². The first kappa shape index (κ1) is 26.6. The summed E-state index contributed by atoms with van der Waals surface area (Å²) >= 11 is 0. The van der Waals surface area contributed by atoms with Crippen molar-refractivity contribution in [3.05, 3.63) is 54.0 Å². The molecule has 8 nitrogen and oxygen atoms in total. The van der Waals surface area contributed by atoms with Crippen LogP contribution < -0.4 is 25.6 Å². The molecule has 0 radical (unpaired) electrons. The summed E-state index contributed by atoms with van der Waals surface area (Å²) in [6, 6.07) is 10.7. The van der Waals surface area contributed by atoms with E-state index in [0.717, 1.165) is 25.1 Å². The summed E-state index contributed by atoms with van der Waals surface area (Å²) in [4.78, 5) is 22.4. The Morgan fingerprint density at radius 3 is 2.82 bits per heavy atom. The molecule has 2 heterocycles. The summed E-state index contributed by atoms with van der Waals surface area (Å²) in [5, 5.41) is 9.40. The van der Waals surface area contributed by atoms with Crippen molar-refractivity contribution in [3.8, 4) is 5.75 Å². The molecule has 3 rings (SSSR count). The second-order valence-electron chi connectivity index (χ2n) is 7.47. The van der Waals surface area contributed by atoms with Crippen LogP contribution in [0.25, 0.3) is 0 Å². The molecular formula is C23H32FIN6O2. The monoisotopic (exact) mass is 570 g/mol. The number of nitrogens with one attached hydrogen (secondary N) is 3. The topological polar surface area (TPSA) is 90.9 Å². The summed E-state index contributed by atoms with van der Waals surface area (Å²) in [5.41, 5.74) is 0.971. The van der Waals surface area contributed by atoms with Crippen molar-refractivity contribution >= 4 is 41.7 Å². The number of benzene rings is 1. The lowest BCUT2D eigenvalue weighted by molar-refractivity contribution is -0.122. The van der Waals surface area contributed by atoms with Crippen molar-refractivity contribution in [2.24, 2.45) is 4.99 Å². The van der Waals surface area contributed by atoms with Crippen molar-refractivity contribution < 1.29 is 13.9 Å². The zero-order valence-electron chi connectivity index (χ0n) is 19.0. The van der Waals surface area contributed by atoms with Gasteiger partial charge in [0.05, 0.1) is 6.54 Å². The molecule has 1 aliphatic rings. The Balaban J connectivity index is 0.00000385. The standard InChI is InChI=1S/C23H31FN6O2.HI/c1-3-25-21(31)16-32-19-8-5-7-17(13-19)14-28-23(26-4-2)29-18-10-12-30(15-18)22-20(24)9-6-11-27-22;/h5-9,11,13,18H,3-4,10,12,14-16H2,1-2H3,(H,25,31)(H2,26,28,29);1H. The van der Waals surface area contributed by atoms with Crippen molar-refractivity contribution in [1.82, 2.24) is 20.9 Å². The number of hydrogen-bond acceptors (Lipinski definition) is 5. The Morgan fingerprint density at radius 2 is 2.06 bits per heavy atom. The normalized spacial score (nSPS) is 15.5. The van der Waals surface area contributed by atoms with Gasteiger partial charge in [-0.15, -0.1) is 24.0 Å². The van der Waals surface area contributed by atoms with Gasteiger partial charge in [0.15, 0.2) is 24.2 Å². The average Bonchev–Trinajstić information content (AvgIpc) is 3.25. The third-order valence-corrected chi connectivity index (χ3v) is 4.97. The van der Waals surface area contributed by atoms with E-state index >= 15 is 0 Å². The molecular weight excluding hydrogens is 538 g/mol. The first-order valence-corrected chi connectivity index (χ1v) is 11.0. The summed E-state index contributed by atoms with van der Waals surface area (Å²) in [6.45, 7) is 7.01. The number of ether oxygens (including phenoxy) is 1. The molecule has 1 atom stereocenters. The lowest BCUT2D eigenvalue weighted by Gasteiger charge is -2.20. The van der Waals surface area contributed by atoms with Crippen LogP contribution in [0.4, 0.5) is 10.2 Å². The minimum Gasteiger partial charge on any atom is -0.484 e. The van der Waals surface area contributed by atoms with Gasteiger partial charge in [-0.3, -0.25) is 4.79 Å². The first-order valence-electron chi connectivity index (χ1n) is 11.0. The van der Waals surface area contributed by atoms with Crippen LogP contribution in [0.5, 0.6) is 5.75 Å².